The fraction of sp³-hybridized carbons (Fsp3) is 0.200. The van der Waals surface area contributed by atoms with Gasteiger partial charge in [0.25, 0.3) is 5.69 Å². The van der Waals surface area contributed by atoms with Crippen LogP contribution in [0.3, 0.4) is 0 Å². The fourth-order valence-corrected chi connectivity index (χ4v) is 2.12. The van der Waals surface area contributed by atoms with Crippen LogP contribution in [0.1, 0.15) is 5.56 Å². The second kappa shape index (κ2) is 6.71. The summed E-state index contributed by atoms with van der Waals surface area (Å²) in [6.45, 7) is -0.0858. The van der Waals surface area contributed by atoms with E-state index in [1.165, 1.54) is 12.1 Å². The number of nitro groups is 1. The zero-order valence-corrected chi connectivity index (χ0v) is 11.4. The number of nitrogens with zero attached hydrogens (tertiary/aromatic N) is 1. The van der Waals surface area contributed by atoms with E-state index in [9.17, 15) is 15.2 Å². The van der Waals surface area contributed by atoms with Gasteiger partial charge in [-0.05, 0) is 18.1 Å². The summed E-state index contributed by atoms with van der Waals surface area (Å²) >= 11 is 0. The fourth-order valence-electron chi connectivity index (χ4n) is 2.12. The highest BCUT2D eigenvalue weighted by Gasteiger charge is 2.12. The number of aliphatic hydroxyl groups excluding tert-OH is 1. The van der Waals surface area contributed by atoms with E-state index in [1.807, 2.05) is 30.3 Å². The summed E-state index contributed by atoms with van der Waals surface area (Å²) in [5.41, 5.74) is 7.49. The average Bonchev–Trinajstić information content (AvgIpc) is 2.47. The third-order valence-corrected chi connectivity index (χ3v) is 3.07. The highest BCUT2D eigenvalue weighted by atomic mass is 16.6. The van der Waals surface area contributed by atoms with E-state index in [1.54, 1.807) is 6.07 Å². The van der Waals surface area contributed by atoms with Crippen LogP contribution in [0.25, 0.3) is 0 Å². The minimum atomic E-state index is -0.493. The summed E-state index contributed by atoms with van der Waals surface area (Å²) in [5.74, 6) is 0. The van der Waals surface area contributed by atoms with E-state index in [0.29, 0.717) is 17.8 Å². The Kier molecular flexibility index (Phi) is 4.73. The molecule has 0 spiro atoms. The monoisotopic (exact) mass is 287 g/mol. The van der Waals surface area contributed by atoms with Crippen molar-refractivity contribution in [1.29, 1.82) is 0 Å². The molecule has 0 saturated heterocycles. The van der Waals surface area contributed by atoms with Crippen molar-refractivity contribution >= 4 is 17.1 Å². The Labute approximate surface area is 122 Å². The molecule has 6 nitrogen and oxygen atoms in total. The Balaban J connectivity index is 2.13. The van der Waals surface area contributed by atoms with E-state index >= 15 is 0 Å². The number of benzene rings is 2. The summed E-state index contributed by atoms with van der Waals surface area (Å²) in [4.78, 5) is 10.3. The predicted molar refractivity (Wildman–Crippen MR) is 82.2 cm³/mol. The van der Waals surface area contributed by atoms with Crippen LogP contribution < -0.4 is 11.1 Å². The quantitative estimate of drug-likeness (QED) is 0.429. The van der Waals surface area contributed by atoms with Crippen LogP contribution in [0.2, 0.25) is 0 Å². The molecule has 2 aromatic carbocycles. The van der Waals surface area contributed by atoms with Gasteiger partial charge in [-0.15, -0.1) is 0 Å². The number of non-ortho nitro benzene ring substituents is 1. The lowest BCUT2D eigenvalue weighted by molar-refractivity contribution is -0.384. The summed E-state index contributed by atoms with van der Waals surface area (Å²) in [6.07, 6.45) is 0.611. The molecule has 2 rings (SSSR count). The molecule has 0 aromatic heterocycles. The van der Waals surface area contributed by atoms with Gasteiger partial charge >= 0.3 is 0 Å². The Hall–Kier alpha value is -2.60. The highest BCUT2D eigenvalue weighted by molar-refractivity contribution is 5.61. The SMILES string of the molecule is Nc1cc(NC(CO)Cc2ccccc2)cc([N+](=O)[O-])c1. The molecule has 1 atom stereocenters. The second-order valence-corrected chi connectivity index (χ2v) is 4.78. The number of nitrogens with one attached hydrogen (secondary N) is 1. The van der Waals surface area contributed by atoms with Gasteiger partial charge in [0.2, 0.25) is 0 Å². The molecule has 110 valence electrons. The van der Waals surface area contributed by atoms with Crippen LogP contribution in [0.15, 0.2) is 48.5 Å². The van der Waals surface area contributed by atoms with Crippen molar-refractivity contribution in [3.8, 4) is 0 Å². The van der Waals surface area contributed by atoms with Crippen LogP contribution >= 0.6 is 0 Å². The van der Waals surface area contributed by atoms with Crippen molar-refractivity contribution in [3.63, 3.8) is 0 Å². The van der Waals surface area contributed by atoms with E-state index in [4.69, 9.17) is 5.73 Å². The smallest absolute Gasteiger partial charge is 0.273 e. The minimum absolute atomic E-state index is 0.0751. The predicted octanol–water partition coefficient (Wildman–Crippen LogP) is 2.19. The third-order valence-electron chi connectivity index (χ3n) is 3.07. The standard InChI is InChI=1S/C15H17N3O3/c16-12-7-13(9-15(8-12)18(20)21)17-14(10-19)6-11-4-2-1-3-5-11/h1-5,7-9,14,17,19H,6,10,16H2. The summed E-state index contributed by atoms with van der Waals surface area (Å²) in [6, 6.07) is 13.8. The number of nitrogens with two attached hydrogens (primary N) is 1. The molecule has 0 amide bonds. The second-order valence-electron chi connectivity index (χ2n) is 4.78. The van der Waals surface area contributed by atoms with Crippen LogP contribution in [0.5, 0.6) is 0 Å². The molecule has 21 heavy (non-hydrogen) atoms. The van der Waals surface area contributed by atoms with Crippen molar-refractivity contribution in [2.75, 3.05) is 17.7 Å². The molecule has 2 aromatic rings. The number of hydrogen-bond acceptors (Lipinski definition) is 5. The van der Waals surface area contributed by atoms with Gasteiger partial charge in [-0.2, -0.15) is 0 Å². The Morgan fingerprint density at radius 2 is 1.95 bits per heavy atom. The molecule has 0 aliphatic heterocycles. The molecule has 1 unspecified atom stereocenters. The molecule has 0 heterocycles. The van der Waals surface area contributed by atoms with Gasteiger partial charge < -0.3 is 16.2 Å². The average molecular weight is 287 g/mol. The number of hydrogen-bond donors (Lipinski definition) is 3. The van der Waals surface area contributed by atoms with Crippen LogP contribution in [0, 0.1) is 10.1 Å². The van der Waals surface area contributed by atoms with Crippen LogP contribution in [-0.4, -0.2) is 22.7 Å². The Bertz CT molecular complexity index is 617. The summed E-state index contributed by atoms with van der Waals surface area (Å²) in [5, 5.41) is 23.4. The van der Waals surface area contributed by atoms with Crippen molar-refractivity contribution in [3.05, 3.63) is 64.2 Å². The van der Waals surface area contributed by atoms with Gasteiger partial charge in [-0.25, -0.2) is 0 Å². The Morgan fingerprint density at radius 3 is 2.57 bits per heavy atom. The minimum Gasteiger partial charge on any atom is -0.398 e. The number of aliphatic hydroxyl groups is 1. The molecule has 6 heteroatoms. The maximum atomic E-state index is 10.8. The van der Waals surface area contributed by atoms with Crippen molar-refractivity contribution in [2.24, 2.45) is 0 Å². The first kappa shape index (κ1) is 14.8. The molecule has 0 aliphatic carbocycles. The lowest BCUT2D eigenvalue weighted by atomic mass is 10.1. The number of rotatable bonds is 6. The maximum absolute atomic E-state index is 10.8. The Morgan fingerprint density at radius 1 is 1.24 bits per heavy atom. The molecular formula is C15H17N3O3. The lowest BCUT2D eigenvalue weighted by Gasteiger charge is -2.18. The molecule has 4 N–H and O–H groups in total. The van der Waals surface area contributed by atoms with E-state index in [-0.39, 0.29) is 18.3 Å². The van der Waals surface area contributed by atoms with Crippen molar-refractivity contribution in [1.82, 2.24) is 0 Å². The zero-order chi connectivity index (χ0) is 15.2. The highest BCUT2D eigenvalue weighted by Crippen LogP contribution is 2.23. The lowest BCUT2D eigenvalue weighted by Crippen LogP contribution is -2.26. The first-order chi connectivity index (χ1) is 10.1. The molecule has 0 fully saturated rings. The van der Waals surface area contributed by atoms with Gasteiger partial charge in [-0.1, -0.05) is 30.3 Å². The largest absolute Gasteiger partial charge is 0.398 e. The van der Waals surface area contributed by atoms with Crippen LogP contribution in [0.4, 0.5) is 17.1 Å². The van der Waals surface area contributed by atoms with E-state index < -0.39 is 4.92 Å². The van der Waals surface area contributed by atoms with Gasteiger partial charge in [0.05, 0.1) is 17.6 Å². The topological polar surface area (TPSA) is 101 Å². The number of nitro benzene ring substituents is 1. The van der Waals surface area contributed by atoms with Gasteiger partial charge in [0.15, 0.2) is 0 Å². The molecular weight excluding hydrogens is 270 g/mol. The normalized spacial score (nSPS) is 11.9. The summed E-state index contributed by atoms with van der Waals surface area (Å²) in [7, 11) is 0. The molecule has 0 aliphatic rings. The molecule has 0 radical (unpaired) electrons. The first-order valence-electron chi connectivity index (χ1n) is 6.55. The number of anilines is 2. The first-order valence-corrected chi connectivity index (χ1v) is 6.55. The van der Waals surface area contributed by atoms with E-state index in [2.05, 4.69) is 5.32 Å². The molecule has 0 saturated carbocycles. The van der Waals surface area contributed by atoms with Crippen molar-refractivity contribution < 1.29 is 10.0 Å². The van der Waals surface area contributed by atoms with Gasteiger partial charge in [0, 0.05) is 23.5 Å². The van der Waals surface area contributed by atoms with E-state index in [0.717, 1.165) is 5.56 Å². The van der Waals surface area contributed by atoms with Gasteiger partial charge in [0.1, 0.15) is 0 Å². The van der Waals surface area contributed by atoms with Crippen molar-refractivity contribution in [2.45, 2.75) is 12.5 Å². The zero-order valence-electron chi connectivity index (χ0n) is 11.4. The van der Waals surface area contributed by atoms with Crippen LogP contribution in [-0.2, 0) is 6.42 Å². The number of nitrogen functional groups attached to an aromatic ring is 1. The van der Waals surface area contributed by atoms with Gasteiger partial charge in [-0.3, -0.25) is 10.1 Å². The molecule has 0 bridgehead atoms. The maximum Gasteiger partial charge on any atom is 0.273 e. The third kappa shape index (κ3) is 4.19. The summed E-state index contributed by atoms with van der Waals surface area (Å²) < 4.78 is 0.